The van der Waals surface area contributed by atoms with Crippen molar-refractivity contribution in [2.24, 2.45) is 5.92 Å². The van der Waals surface area contributed by atoms with Crippen LogP contribution >= 0.6 is 11.6 Å². The van der Waals surface area contributed by atoms with Crippen molar-refractivity contribution in [3.05, 3.63) is 28.8 Å². The number of hydrogen-bond acceptors (Lipinski definition) is 3. The van der Waals surface area contributed by atoms with Crippen LogP contribution in [0.3, 0.4) is 0 Å². The van der Waals surface area contributed by atoms with Crippen molar-refractivity contribution in [2.75, 3.05) is 32.1 Å². The van der Waals surface area contributed by atoms with E-state index in [-0.39, 0.29) is 6.61 Å². The first kappa shape index (κ1) is 13.7. The molecule has 2 atom stereocenters. The first-order valence-electron chi connectivity index (χ1n) is 6.33. The lowest BCUT2D eigenvalue weighted by molar-refractivity contribution is 0.266. The largest absolute Gasteiger partial charge is 0.392 e. The number of benzene rings is 1. The summed E-state index contributed by atoms with van der Waals surface area (Å²) in [4.78, 5) is 4.61. The maximum atomic E-state index is 9.10. The Morgan fingerprint density at radius 1 is 1.39 bits per heavy atom. The number of rotatable bonds is 3. The van der Waals surface area contributed by atoms with Crippen LogP contribution in [0.5, 0.6) is 0 Å². The highest BCUT2D eigenvalue weighted by Gasteiger charge is 2.31. The van der Waals surface area contributed by atoms with E-state index in [1.165, 1.54) is 0 Å². The summed E-state index contributed by atoms with van der Waals surface area (Å²) >= 11 is 6.30. The highest BCUT2D eigenvalue weighted by atomic mass is 35.5. The van der Waals surface area contributed by atoms with Gasteiger partial charge in [0.05, 0.1) is 17.3 Å². The Kier molecular flexibility index (Phi) is 4.15. The fourth-order valence-corrected chi connectivity index (χ4v) is 3.05. The summed E-state index contributed by atoms with van der Waals surface area (Å²) in [6, 6.07) is 6.37. The van der Waals surface area contributed by atoms with Crippen molar-refractivity contribution >= 4 is 17.3 Å². The number of nitrogens with zero attached hydrogens (tertiary/aromatic N) is 2. The molecule has 0 spiro atoms. The van der Waals surface area contributed by atoms with E-state index in [2.05, 4.69) is 30.8 Å². The van der Waals surface area contributed by atoms with E-state index in [9.17, 15) is 0 Å². The zero-order valence-corrected chi connectivity index (χ0v) is 12.0. The molecule has 0 amide bonds. The monoisotopic (exact) mass is 268 g/mol. The lowest BCUT2D eigenvalue weighted by Crippen LogP contribution is -2.34. The fourth-order valence-electron chi connectivity index (χ4n) is 2.72. The molecule has 1 aliphatic rings. The molecule has 1 saturated heterocycles. The van der Waals surface area contributed by atoms with E-state index in [4.69, 9.17) is 16.7 Å². The van der Waals surface area contributed by atoms with Gasteiger partial charge < -0.3 is 14.9 Å². The molecule has 0 aliphatic carbocycles. The average Bonchev–Trinajstić information content (AvgIpc) is 2.71. The Balaban J connectivity index is 2.18. The maximum Gasteiger partial charge on any atom is 0.0682 e. The van der Waals surface area contributed by atoms with Gasteiger partial charge in [-0.2, -0.15) is 0 Å². The molecule has 100 valence electrons. The van der Waals surface area contributed by atoms with E-state index in [0.29, 0.717) is 12.0 Å². The highest BCUT2D eigenvalue weighted by molar-refractivity contribution is 6.33. The molecule has 0 radical (unpaired) electrons. The van der Waals surface area contributed by atoms with Gasteiger partial charge in [-0.1, -0.05) is 24.6 Å². The van der Waals surface area contributed by atoms with E-state index >= 15 is 0 Å². The molecule has 2 rings (SSSR count). The lowest BCUT2D eigenvalue weighted by atomic mass is 10.1. The van der Waals surface area contributed by atoms with E-state index < -0.39 is 0 Å². The number of halogens is 1. The first-order valence-corrected chi connectivity index (χ1v) is 6.71. The van der Waals surface area contributed by atoms with Gasteiger partial charge >= 0.3 is 0 Å². The molecule has 1 N–H and O–H groups in total. The maximum absolute atomic E-state index is 9.10. The second-order valence-corrected chi connectivity index (χ2v) is 5.76. The van der Waals surface area contributed by atoms with Gasteiger partial charge in [0.15, 0.2) is 0 Å². The van der Waals surface area contributed by atoms with Gasteiger partial charge in [-0.3, -0.25) is 0 Å². The van der Waals surface area contributed by atoms with Crippen LogP contribution < -0.4 is 4.90 Å². The van der Waals surface area contributed by atoms with E-state index in [0.717, 1.165) is 29.4 Å². The number of aliphatic hydroxyl groups excluding tert-OH is 1. The summed E-state index contributed by atoms with van der Waals surface area (Å²) in [6.07, 6.45) is 0. The predicted octanol–water partition coefficient (Wildman–Crippen LogP) is 2.22. The molecule has 1 aliphatic heterocycles. The Morgan fingerprint density at radius 2 is 2.11 bits per heavy atom. The van der Waals surface area contributed by atoms with Crippen molar-refractivity contribution in [1.82, 2.24) is 4.90 Å². The molecule has 0 bridgehead atoms. The highest BCUT2D eigenvalue weighted by Crippen LogP contribution is 2.32. The summed E-state index contributed by atoms with van der Waals surface area (Å²) in [6.45, 7) is 4.35. The van der Waals surface area contributed by atoms with Crippen LogP contribution in [0.1, 0.15) is 12.5 Å². The molecule has 1 aromatic rings. The molecule has 3 nitrogen and oxygen atoms in total. The third-order valence-electron chi connectivity index (χ3n) is 3.77. The van der Waals surface area contributed by atoms with Gasteiger partial charge in [-0.15, -0.1) is 0 Å². The summed E-state index contributed by atoms with van der Waals surface area (Å²) in [7, 11) is 4.25. The molecule has 2 unspecified atom stereocenters. The number of anilines is 1. The fraction of sp³-hybridized carbons (Fsp3) is 0.571. The van der Waals surface area contributed by atoms with Crippen LogP contribution in [-0.4, -0.2) is 43.2 Å². The van der Waals surface area contributed by atoms with Crippen molar-refractivity contribution < 1.29 is 5.11 Å². The minimum Gasteiger partial charge on any atom is -0.392 e. The van der Waals surface area contributed by atoms with E-state index in [1.54, 1.807) is 0 Å². The number of aliphatic hydroxyl groups is 1. The summed E-state index contributed by atoms with van der Waals surface area (Å²) in [5, 5.41) is 9.83. The molecule has 1 aromatic carbocycles. The van der Waals surface area contributed by atoms with Crippen molar-refractivity contribution in [2.45, 2.75) is 19.6 Å². The Hall–Kier alpha value is -0.770. The van der Waals surface area contributed by atoms with Crippen LogP contribution in [0.2, 0.25) is 5.02 Å². The molecule has 0 aromatic heterocycles. The van der Waals surface area contributed by atoms with Crippen LogP contribution in [0.4, 0.5) is 5.69 Å². The van der Waals surface area contributed by atoms with Gasteiger partial charge in [-0.05, 0) is 37.7 Å². The minimum absolute atomic E-state index is 0.0384. The third-order valence-corrected chi connectivity index (χ3v) is 4.07. The summed E-state index contributed by atoms with van der Waals surface area (Å²) in [5.41, 5.74) is 1.94. The zero-order valence-electron chi connectivity index (χ0n) is 11.2. The van der Waals surface area contributed by atoms with E-state index in [1.807, 2.05) is 18.2 Å². The second kappa shape index (κ2) is 5.47. The van der Waals surface area contributed by atoms with Gasteiger partial charge in [0.25, 0.3) is 0 Å². The van der Waals surface area contributed by atoms with Crippen LogP contribution in [-0.2, 0) is 6.61 Å². The van der Waals surface area contributed by atoms with Crippen molar-refractivity contribution in [1.29, 1.82) is 0 Å². The number of hydrogen-bond donors (Lipinski definition) is 1. The smallest absolute Gasteiger partial charge is 0.0682 e. The molecular formula is C14H21ClN2O. The SMILES string of the molecule is CC1CN(c2ccc(CO)cc2Cl)CC1N(C)C. The van der Waals surface area contributed by atoms with Crippen LogP contribution in [0.15, 0.2) is 18.2 Å². The Labute approximate surface area is 114 Å². The topological polar surface area (TPSA) is 26.7 Å². The number of likely N-dealkylation sites (N-methyl/N-ethyl adjacent to an activating group) is 1. The first-order chi connectivity index (χ1) is 8.52. The summed E-state index contributed by atoms with van der Waals surface area (Å²) < 4.78 is 0. The molecule has 4 heteroatoms. The zero-order chi connectivity index (χ0) is 13.3. The lowest BCUT2D eigenvalue weighted by Gasteiger charge is -2.23. The van der Waals surface area contributed by atoms with Gasteiger partial charge in [-0.25, -0.2) is 0 Å². The predicted molar refractivity (Wildman–Crippen MR) is 76.2 cm³/mol. The summed E-state index contributed by atoms with van der Waals surface area (Å²) in [5.74, 6) is 0.633. The van der Waals surface area contributed by atoms with Crippen LogP contribution in [0.25, 0.3) is 0 Å². The Morgan fingerprint density at radius 3 is 2.61 bits per heavy atom. The second-order valence-electron chi connectivity index (χ2n) is 5.36. The van der Waals surface area contributed by atoms with Crippen LogP contribution in [0, 0.1) is 5.92 Å². The Bertz CT molecular complexity index is 422. The average molecular weight is 269 g/mol. The quantitative estimate of drug-likeness (QED) is 0.911. The minimum atomic E-state index is 0.0384. The standard InChI is InChI=1S/C14H21ClN2O/c1-10-7-17(8-14(10)16(2)3)13-5-4-11(9-18)6-12(13)15/h4-6,10,14,18H,7-9H2,1-3H3. The third kappa shape index (κ3) is 2.63. The van der Waals surface area contributed by atoms with Gasteiger partial charge in [0, 0.05) is 19.1 Å². The van der Waals surface area contributed by atoms with Crippen molar-refractivity contribution in [3.63, 3.8) is 0 Å². The molecule has 1 heterocycles. The molecule has 0 saturated carbocycles. The normalized spacial score (nSPS) is 24.0. The van der Waals surface area contributed by atoms with Gasteiger partial charge in [0.1, 0.15) is 0 Å². The molecule has 1 fully saturated rings. The molecular weight excluding hydrogens is 248 g/mol. The van der Waals surface area contributed by atoms with Crippen molar-refractivity contribution in [3.8, 4) is 0 Å². The molecule has 18 heavy (non-hydrogen) atoms. The van der Waals surface area contributed by atoms with Gasteiger partial charge in [0.2, 0.25) is 0 Å².